The van der Waals surface area contributed by atoms with Gasteiger partial charge in [0.25, 0.3) is 0 Å². The van der Waals surface area contributed by atoms with Crippen LogP contribution in [-0.4, -0.2) is 26.2 Å². The van der Waals surface area contributed by atoms with Crippen molar-refractivity contribution in [3.63, 3.8) is 0 Å². The van der Waals surface area contributed by atoms with Crippen LogP contribution in [0, 0.1) is 5.41 Å². The highest BCUT2D eigenvalue weighted by Gasteiger charge is 2.55. The van der Waals surface area contributed by atoms with Crippen LogP contribution in [-0.2, 0) is 16.8 Å². The van der Waals surface area contributed by atoms with E-state index in [-0.39, 0.29) is 18.4 Å². The van der Waals surface area contributed by atoms with E-state index in [1.807, 2.05) is 80.4 Å². The second-order valence-corrected chi connectivity index (χ2v) is 10.9. The summed E-state index contributed by atoms with van der Waals surface area (Å²) in [6, 6.07) is 19.8. The molecule has 0 unspecified atom stereocenters. The minimum atomic E-state index is -0.842. The second-order valence-electron chi connectivity index (χ2n) is 10.5. The number of nitrogens with one attached hydrogen (secondary N) is 1. The molecule has 1 amide bonds. The molecule has 190 valence electrons. The van der Waals surface area contributed by atoms with Crippen LogP contribution in [0.3, 0.4) is 0 Å². The Labute approximate surface area is 219 Å². The summed E-state index contributed by atoms with van der Waals surface area (Å²) in [6.45, 7) is 10.5. The first kappa shape index (κ1) is 25.9. The predicted octanol–water partition coefficient (Wildman–Crippen LogP) is 7.06. The number of rotatable bonds is 6. The van der Waals surface area contributed by atoms with Crippen molar-refractivity contribution >= 4 is 28.9 Å². The van der Waals surface area contributed by atoms with Gasteiger partial charge in [0.2, 0.25) is 5.91 Å². The summed E-state index contributed by atoms with van der Waals surface area (Å²) in [4.78, 5) is 16.1. The van der Waals surface area contributed by atoms with Gasteiger partial charge in [0.15, 0.2) is 11.5 Å². The van der Waals surface area contributed by atoms with Crippen molar-refractivity contribution in [3.8, 4) is 11.5 Å². The number of amides is 1. The lowest BCUT2D eigenvalue weighted by atomic mass is 9.61. The summed E-state index contributed by atoms with van der Waals surface area (Å²) >= 11 is 6.32. The molecule has 5 nitrogen and oxygen atoms in total. The van der Waals surface area contributed by atoms with E-state index in [9.17, 15) is 4.79 Å². The normalized spacial score (nSPS) is 17.7. The van der Waals surface area contributed by atoms with Crippen molar-refractivity contribution in [3.05, 3.63) is 82.4 Å². The maximum atomic E-state index is 14.1. The zero-order chi connectivity index (χ0) is 26.3. The van der Waals surface area contributed by atoms with Crippen LogP contribution in [0.1, 0.15) is 51.3 Å². The quantitative estimate of drug-likeness (QED) is 0.389. The first-order chi connectivity index (χ1) is 17.0. The fraction of sp³-hybridized carbons (Fsp3) is 0.367. The standard InChI is InChI=1S/C30H35ClN2O3/c1-19(2)36-27-18-25-20(16-26(27)35-7)17-28(34)33(24-14-12-23(32-6)13-15-24)30(25,29(3,4)5)21-8-10-22(31)11-9-21/h8-16,18-19,32H,17H2,1-7H3/t30-/m0/s1. The summed E-state index contributed by atoms with van der Waals surface area (Å²) in [5.74, 6) is 1.30. The summed E-state index contributed by atoms with van der Waals surface area (Å²) in [6.07, 6.45) is 0.222. The Morgan fingerprint density at radius 1 is 1.00 bits per heavy atom. The number of methoxy groups -OCH3 is 1. The van der Waals surface area contributed by atoms with Gasteiger partial charge in [-0.2, -0.15) is 0 Å². The molecule has 0 radical (unpaired) electrons. The Morgan fingerprint density at radius 2 is 1.64 bits per heavy atom. The number of anilines is 2. The molecule has 0 bridgehead atoms. The van der Waals surface area contributed by atoms with Gasteiger partial charge in [-0.15, -0.1) is 0 Å². The third-order valence-corrected chi connectivity index (χ3v) is 7.08. The Morgan fingerprint density at radius 3 is 2.17 bits per heavy atom. The fourth-order valence-corrected chi connectivity index (χ4v) is 5.53. The lowest BCUT2D eigenvalue weighted by Gasteiger charge is -2.55. The molecule has 3 aromatic rings. The third kappa shape index (κ3) is 4.30. The lowest BCUT2D eigenvalue weighted by molar-refractivity contribution is -0.120. The van der Waals surface area contributed by atoms with Crippen molar-refractivity contribution in [1.29, 1.82) is 0 Å². The number of hydrogen-bond donors (Lipinski definition) is 1. The molecule has 0 aliphatic carbocycles. The molecule has 6 heteroatoms. The molecular formula is C30H35ClN2O3. The summed E-state index contributed by atoms with van der Waals surface area (Å²) in [5, 5.41) is 3.81. The number of halogens is 1. The number of fused-ring (bicyclic) bond motifs is 1. The average molecular weight is 507 g/mol. The first-order valence-electron chi connectivity index (χ1n) is 12.3. The molecule has 0 aromatic heterocycles. The van der Waals surface area contributed by atoms with Crippen LogP contribution in [0.15, 0.2) is 60.7 Å². The van der Waals surface area contributed by atoms with Gasteiger partial charge in [0.05, 0.1) is 19.6 Å². The number of hydrogen-bond acceptors (Lipinski definition) is 4. The van der Waals surface area contributed by atoms with Crippen molar-refractivity contribution in [2.45, 2.75) is 52.7 Å². The third-order valence-electron chi connectivity index (χ3n) is 6.83. The highest BCUT2D eigenvalue weighted by molar-refractivity contribution is 6.30. The predicted molar refractivity (Wildman–Crippen MR) is 148 cm³/mol. The van der Waals surface area contributed by atoms with Gasteiger partial charge in [0, 0.05) is 23.4 Å². The molecule has 1 aliphatic heterocycles. The smallest absolute Gasteiger partial charge is 0.232 e. The van der Waals surface area contributed by atoms with E-state index in [2.05, 4.69) is 32.2 Å². The summed E-state index contributed by atoms with van der Waals surface area (Å²) in [5.41, 5.74) is 3.48. The van der Waals surface area contributed by atoms with Gasteiger partial charge < -0.3 is 14.8 Å². The minimum absolute atomic E-state index is 0.0177. The van der Waals surface area contributed by atoms with E-state index in [0.717, 1.165) is 28.1 Å². The van der Waals surface area contributed by atoms with E-state index >= 15 is 0 Å². The molecular weight excluding hydrogens is 472 g/mol. The molecule has 3 aromatic carbocycles. The van der Waals surface area contributed by atoms with Crippen LogP contribution < -0.4 is 19.7 Å². The first-order valence-corrected chi connectivity index (χ1v) is 12.7. The van der Waals surface area contributed by atoms with Gasteiger partial charge in [0.1, 0.15) is 5.54 Å². The van der Waals surface area contributed by atoms with E-state index < -0.39 is 11.0 Å². The van der Waals surface area contributed by atoms with Crippen LogP contribution >= 0.6 is 11.6 Å². The monoisotopic (exact) mass is 506 g/mol. The zero-order valence-electron chi connectivity index (χ0n) is 22.1. The maximum absolute atomic E-state index is 14.1. The molecule has 1 N–H and O–H groups in total. The van der Waals surface area contributed by atoms with E-state index in [4.69, 9.17) is 21.1 Å². The highest BCUT2D eigenvalue weighted by atomic mass is 35.5. The average Bonchev–Trinajstić information content (AvgIpc) is 2.82. The van der Waals surface area contributed by atoms with Gasteiger partial charge in [-0.1, -0.05) is 44.5 Å². The van der Waals surface area contributed by atoms with Gasteiger partial charge in [-0.05, 0) is 84.5 Å². The molecule has 1 heterocycles. The topological polar surface area (TPSA) is 50.8 Å². The second kappa shape index (κ2) is 9.70. The van der Waals surface area contributed by atoms with Gasteiger partial charge in [-0.3, -0.25) is 9.69 Å². The van der Waals surface area contributed by atoms with E-state index in [1.165, 1.54) is 0 Å². The Bertz CT molecular complexity index is 1250. The maximum Gasteiger partial charge on any atom is 0.232 e. The molecule has 36 heavy (non-hydrogen) atoms. The number of nitrogens with zero attached hydrogens (tertiary/aromatic N) is 1. The lowest BCUT2D eigenvalue weighted by Crippen LogP contribution is -2.61. The molecule has 4 rings (SSSR count). The van der Waals surface area contributed by atoms with E-state index in [0.29, 0.717) is 16.5 Å². The number of carbonyl (C=O) groups is 1. The molecule has 0 fully saturated rings. The highest BCUT2D eigenvalue weighted by Crippen LogP contribution is 2.56. The fourth-order valence-electron chi connectivity index (χ4n) is 5.40. The molecule has 0 saturated carbocycles. The number of ether oxygens (including phenoxy) is 2. The molecule has 0 spiro atoms. The summed E-state index contributed by atoms with van der Waals surface area (Å²) < 4.78 is 11.9. The van der Waals surface area contributed by atoms with Crippen LogP contribution in [0.25, 0.3) is 0 Å². The Balaban J connectivity index is 2.12. The zero-order valence-corrected chi connectivity index (χ0v) is 22.9. The van der Waals surface area contributed by atoms with Crippen LogP contribution in [0.5, 0.6) is 11.5 Å². The van der Waals surface area contributed by atoms with Crippen molar-refractivity contribution in [2.75, 3.05) is 24.4 Å². The van der Waals surface area contributed by atoms with Crippen LogP contribution in [0.2, 0.25) is 5.02 Å². The van der Waals surface area contributed by atoms with Crippen molar-refractivity contribution in [2.24, 2.45) is 5.41 Å². The summed E-state index contributed by atoms with van der Waals surface area (Å²) in [7, 11) is 3.51. The molecule has 0 saturated heterocycles. The molecule has 1 aliphatic rings. The Kier molecular flexibility index (Phi) is 6.98. The van der Waals surface area contributed by atoms with E-state index in [1.54, 1.807) is 7.11 Å². The van der Waals surface area contributed by atoms with Crippen LogP contribution in [0.4, 0.5) is 11.4 Å². The largest absolute Gasteiger partial charge is 0.493 e. The minimum Gasteiger partial charge on any atom is -0.493 e. The van der Waals surface area contributed by atoms with Gasteiger partial charge >= 0.3 is 0 Å². The van der Waals surface area contributed by atoms with Crippen molar-refractivity contribution < 1.29 is 14.3 Å². The number of benzene rings is 3. The van der Waals surface area contributed by atoms with Gasteiger partial charge in [-0.25, -0.2) is 0 Å². The molecule has 1 atom stereocenters. The Hall–Kier alpha value is -3.18. The van der Waals surface area contributed by atoms with Crippen molar-refractivity contribution in [1.82, 2.24) is 0 Å². The number of carbonyl (C=O) groups excluding carboxylic acids is 1. The SMILES string of the molecule is CNc1ccc(N2C(=O)Cc3cc(OC)c(OC(C)C)cc3[C@@]2(c2ccc(Cl)cc2)C(C)(C)C)cc1.